The monoisotopic (exact) mass is 325 g/mol. The van der Waals surface area contributed by atoms with E-state index in [-0.39, 0.29) is 0 Å². The summed E-state index contributed by atoms with van der Waals surface area (Å²) in [5.74, 6) is 1.73. The fourth-order valence-corrected chi connectivity index (χ4v) is 3.21. The Morgan fingerprint density at radius 1 is 1.25 bits per heavy atom. The van der Waals surface area contributed by atoms with Crippen LogP contribution < -0.4 is 10.1 Å². The molecule has 1 aliphatic heterocycles. The number of rotatable bonds is 8. The van der Waals surface area contributed by atoms with Crippen molar-refractivity contribution in [2.45, 2.75) is 26.5 Å². The van der Waals surface area contributed by atoms with Gasteiger partial charge in [0.1, 0.15) is 12.4 Å². The van der Waals surface area contributed by atoms with E-state index in [1.54, 1.807) is 6.20 Å². The molecule has 2 heterocycles. The molecule has 1 saturated heterocycles. The van der Waals surface area contributed by atoms with Gasteiger partial charge >= 0.3 is 0 Å². The van der Waals surface area contributed by atoms with Crippen molar-refractivity contribution in [3.05, 3.63) is 59.9 Å². The molecule has 0 bridgehead atoms. The van der Waals surface area contributed by atoms with Crippen molar-refractivity contribution in [1.82, 2.24) is 15.2 Å². The van der Waals surface area contributed by atoms with Crippen LogP contribution in [-0.4, -0.2) is 36.1 Å². The van der Waals surface area contributed by atoms with Gasteiger partial charge in [0, 0.05) is 36.6 Å². The molecule has 0 saturated carbocycles. The van der Waals surface area contributed by atoms with Crippen molar-refractivity contribution in [3.8, 4) is 5.75 Å². The average Bonchev–Trinajstić information content (AvgIpc) is 3.10. The normalized spacial score (nSPS) is 18.0. The zero-order valence-corrected chi connectivity index (χ0v) is 14.4. The van der Waals surface area contributed by atoms with Gasteiger partial charge in [0.2, 0.25) is 0 Å². The van der Waals surface area contributed by atoms with E-state index < -0.39 is 0 Å². The Bertz CT molecular complexity index is 617. The lowest BCUT2D eigenvalue weighted by Gasteiger charge is -2.15. The molecule has 1 aliphatic rings. The lowest BCUT2D eigenvalue weighted by molar-refractivity contribution is 0.301. The third kappa shape index (κ3) is 4.79. The summed E-state index contributed by atoms with van der Waals surface area (Å²) in [6.07, 6.45) is 4.94. The van der Waals surface area contributed by atoms with Crippen molar-refractivity contribution in [2.24, 2.45) is 5.92 Å². The summed E-state index contributed by atoms with van der Waals surface area (Å²) in [4.78, 5) is 6.65. The minimum atomic E-state index is 0.555. The molecule has 4 nitrogen and oxygen atoms in total. The maximum absolute atomic E-state index is 5.99. The summed E-state index contributed by atoms with van der Waals surface area (Å²) < 4.78 is 5.99. The van der Waals surface area contributed by atoms with Crippen LogP contribution in [0.4, 0.5) is 0 Å². The maximum atomic E-state index is 5.99. The molecule has 0 spiro atoms. The highest BCUT2D eigenvalue weighted by atomic mass is 16.5. The summed E-state index contributed by atoms with van der Waals surface area (Å²) in [5.41, 5.74) is 2.30. The number of hydrogen-bond acceptors (Lipinski definition) is 4. The molecule has 1 fully saturated rings. The van der Waals surface area contributed by atoms with Gasteiger partial charge in [-0.3, -0.25) is 4.98 Å². The molecule has 1 aromatic carbocycles. The Balaban J connectivity index is 1.49. The highest BCUT2D eigenvalue weighted by Crippen LogP contribution is 2.20. The molecule has 128 valence electrons. The average molecular weight is 325 g/mol. The number of hydrogen-bond donors (Lipinski definition) is 1. The van der Waals surface area contributed by atoms with Crippen molar-refractivity contribution in [1.29, 1.82) is 0 Å². The third-order valence-electron chi connectivity index (χ3n) is 4.66. The molecule has 3 rings (SSSR count). The second kappa shape index (κ2) is 8.81. The number of nitrogens with zero attached hydrogens (tertiary/aromatic N) is 2. The zero-order chi connectivity index (χ0) is 16.6. The van der Waals surface area contributed by atoms with Crippen LogP contribution >= 0.6 is 0 Å². The molecule has 1 atom stereocenters. The van der Waals surface area contributed by atoms with Crippen LogP contribution in [0.1, 0.15) is 24.5 Å². The maximum Gasteiger partial charge on any atom is 0.124 e. The molecule has 2 aromatic rings. The van der Waals surface area contributed by atoms with E-state index in [0.29, 0.717) is 6.61 Å². The first-order valence-corrected chi connectivity index (χ1v) is 8.88. The standard InChI is InChI=1S/C20H27N3O/c1-2-23-11-9-17(15-23)12-22-14-19-7-3-4-8-20(19)24-16-18-6-5-10-21-13-18/h3-8,10,13,17,22H,2,9,11-12,14-16H2,1H3/t17-/m0/s1. The lowest BCUT2D eigenvalue weighted by Crippen LogP contribution is -2.26. The van der Waals surface area contributed by atoms with E-state index in [4.69, 9.17) is 4.74 Å². The lowest BCUT2D eigenvalue weighted by atomic mass is 10.1. The van der Waals surface area contributed by atoms with Gasteiger partial charge in [0.15, 0.2) is 0 Å². The Morgan fingerprint density at radius 3 is 2.96 bits per heavy atom. The predicted molar refractivity (Wildman–Crippen MR) is 96.9 cm³/mol. The molecule has 0 unspecified atom stereocenters. The molecule has 0 radical (unpaired) electrons. The summed E-state index contributed by atoms with van der Waals surface area (Å²) in [6, 6.07) is 12.3. The Hall–Kier alpha value is -1.91. The Labute approximate surface area is 144 Å². The second-order valence-electron chi connectivity index (χ2n) is 6.44. The Morgan fingerprint density at radius 2 is 2.17 bits per heavy atom. The number of benzene rings is 1. The number of para-hydroxylation sites is 1. The first-order chi connectivity index (χ1) is 11.8. The van der Waals surface area contributed by atoms with Crippen LogP contribution in [0.25, 0.3) is 0 Å². The van der Waals surface area contributed by atoms with Crippen LogP contribution in [0.15, 0.2) is 48.8 Å². The van der Waals surface area contributed by atoms with Gasteiger partial charge in [-0.1, -0.05) is 31.2 Å². The van der Waals surface area contributed by atoms with Gasteiger partial charge in [0.05, 0.1) is 0 Å². The number of aromatic nitrogens is 1. The number of nitrogens with one attached hydrogen (secondary N) is 1. The van der Waals surface area contributed by atoms with E-state index in [2.05, 4.69) is 34.3 Å². The van der Waals surface area contributed by atoms with Crippen molar-refractivity contribution in [2.75, 3.05) is 26.2 Å². The number of likely N-dealkylation sites (tertiary alicyclic amines) is 1. The van der Waals surface area contributed by atoms with Crippen molar-refractivity contribution < 1.29 is 4.74 Å². The van der Waals surface area contributed by atoms with Crippen LogP contribution in [0.3, 0.4) is 0 Å². The van der Waals surface area contributed by atoms with Crippen molar-refractivity contribution in [3.63, 3.8) is 0 Å². The fourth-order valence-electron chi connectivity index (χ4n) is 3.21. The third-order valence-corrected chi connectivity index (χ3v) is 4.66. The molecule has 1 aromatic heterocycles. The SMILES string of the molecule is CCN1CC[C@@H](CNCc2ccccc2OCc2cccnc2)C1. The molecule has 24 heavy (non-hydrogen) atoms. The molecule has 4 heteroatoms. The van der Waals surface area contributed by atoms with Gasteiger partial charge in [-0.15, -0.1) is 0 Å². The quantitative estimate of drug-likeness (QED) is 0.809. The predicted octanol–water partition coefficient (Wildman–Crippen LogP) is 3.09. The van der Waals surface area contributed by atoms with E-state index in [1.807, 2.05) is 30.5 Å². The van der Waals surface area contributed by atoms with Crippen LogP contribution in [-0.2, 0) is 13.2 Å². The zero-order valence-electron chi connectivity index (χ0n) is 14.4. The second-order valence-corrected chi connectivity index (χ2v) is 6.44. The Kier molecular flexibility index (Phi) is 6.21. The highest BCUT2D eigenvalue weighted by molar-refractivity contribution is 5.33. The van der Waals surface area contributed by atoms with Crippen LogP contribution in [0.5, 0.6) is 5.75 Å². The van der Waals surface area contributed by atoms with Gasteiger partial charge in [-0.2, -0.15) is 0 Å². The minimum absolute atomic E-state index is 0.555. The minimum Gasteiger partial charge on any atom is -0.489 e. The first-order valence-electron chi connectivity index (χ1n) is 8.88. The van der Waals surface area contributed by atoms with E-state index in [9.17, 15) is 0 Å². The topological polar surface area (TPSA) is 37.4 Å². The summed E-state index contributed by atoms with van der Waals surface area (Å²) in [5, 5.41) is 3.61. The van der Waals surface area contributed by atoms with E-state index >= 15 is 0 Å². The number of pyridine rings is 1. The molecular weight excluding hydrogens is 298 g/mol. The molecule has 0 aliphatic carbocycles. The van der Waals surface area contributed by atoms with E-state index in [0.717, 1.165) is 30.3 Å². The van der Waals surface area contributed by atoms with Gasteiger partial charge in [-0.25, -0.2) is 0 Å². The number of ether oxygens (including phenoxy) is 1. The molecule has 1 N–H and O–H groups in total. The van der Waals surface area contributed by atoms with Gasteiger partial charge in [0.25, 0.3) is 0 Å². The van der Waals surface area contributed by atoms with Gasteiger partial charge < -0.3 is 15.0 Å². The van der Waals surface area contributed by atoms with Crippen LogP contribution in [0, 0.1) is 5.92 Å². The largest absolute Gasteiger partial charge is 0.489 e. The first kappa shape index (κ1) is 16.9. The summed E-state index contributed by atoms with van der Waals surface area (Å²) in [7, 11) is 0. The highest BCUT2D eigenvalue weighted by Gasteiger charge is 2.20. The van der Waals surface area contributed by atoms with E-state index in [1.165, 1.54) is 31.6 Å². The fraction of sp³-hybridized carbons (Fsp3) is 0.450. The smallest absolute Gasteiger partial charge is 0.124 e. The molecule has 0 amide bonds. The van der Waals surface area contributed by atoms with Crippen molar-refractivity contribution >= 4 is 0 Å². The molecular formula is C20H27N3O. The summed E-state index contributed by atoms with van der Waals surface area (Å²) in [6.45, 7) is 8.36. The van der Waals surface area contributed by atoms with Gasteiger partial charge in [-0.05, 0) is 44.1 Å². The summed E-state index contributed by atoms with van der Waals surface area (Å²) >= 11 is 0. The van der Waals surface area contributed by atoms with Crippen LogP contribution in [0.2, 0.25) is 0 Å².